The molecule has 0 bridgehead atoms. The summed E-state index contributed by atoms with van der Waals surface area (Å²) < 4.78 is 0. The number of hydrogen-bond donors (Lipinski definition) is 1. The van der Waals surface area contributed by atoms with Gasteiger partial charge in [0.25, 0.3) is 0 Å². The highest BCUT2D eigenvalue weighted by Crippen LogP contribution is 2.16. The number of nitrogens with one attached hydrogen (secondary N) is 1. The molecule has 0 saturated carbocycles. The summed E-state index contributed by atoms with van der Waals surface area (Å²) in [7, 11) is 0. The molecule has 1 heterocycles. The van der Waals surface area contributed by atoms with Crippen molar-refractivity contribution in [2.24, 2.45) is 5.92 Å². The summed E-state index contributed by atoms with van der Waals surface area (Å²) in [6, 6.07) is 0. The third-order valence-electron chi connectivity index (χ3n) is 2.47. The lowest BCUT2D eigenvalue weighted by atomic mass is 10.1. The molecule has 1 aromatic heterocycles. The smallest absolute Gasteiger partial charge is 0.0900 e. The van der Waals surface area contributed by atoms with Crippen molar-refractivity contribution in [2.45, 2.75) is 40.7 Å². The van der Waals surface area contributed by atoms with Crippen LogP contribution >= 0.6 is 11.3 Å². The Bertz CT molecular complexity index is 281. The monoisotopic (exact) mass is 212 g/mol. The van der Waals surface area contributed by atoms with E-state index in [4.69, 9.17) is 0 Å². The quantitative estimate of drug-likeness (QED) is 0.812. The molecule has 0 amide bonds. The molecule has 1 atom stereocenters. The van der Waals surface area contributed by atoms with Crippen molar-refractivity contribution < 1.29 is 0 Å². The minimum Gasteiger partial charge on any atom is -0.312 e. The largest absolute Gasteiger partial charge is 0.312 e. The molecule has 0 aromatic carbocycles. The number of rotatable bonds is 5. The van der Waals surface area contributed by atoms with Gasteiger partial charge < -0.3 is 5.32 Å². The molecule has 1 N–H and O–H groups in total. The van der Waals surface area contributed by atoms with Crippen LogP contribution < -0.4 is 5.32 Å². The molecule has 0 aliphatic heterocycles. The molecular formula is C11H20N2S. The summed E-state index contributed by atoms with van der Waals surface area (Å²) in [6.45, 7) is 10.7. The van der Waals surface area contributed by atoms with Crippen LogP contribution in [0.5, 0.6) is 0 Å². The summed E-state index contributed by atoms with van der Waals surface area (Å²) >= 11 is 1.80. The first-order valence-electron chi connectivity index (χ1n) is 5.27. The predicted molar refractivity (Wildman–Crippen MR) is 62.7 cm³/mol. The molecule has 1 rings (SSSR count). The normalized spacial score (nSPS) is 13.1. The molecule has 0 radical (unpaired) electrons. The minimum absolute atomic E-state index is 0.768. The standard InChI is InChI=1S/C11H20N2S/c1-5-8(2)6-12-7-11-9(3)13-10(4)14-11/h8,12H,5-7H2,1-4H3. The third-order valence-corrected chi connectivity index (χ3v) is 3.55. The highest BCUT2D eigenvalue weighted by atomic mass is 32.1. The molecule has 1 unspecified atom stereocenters. The van der Waals surface area contributed by atoms with Gasteiger partial charge in [0.2, 0.25) is 0 Å². The highest BCUT2D eigenvalue weighted by molar-refractivity contribution is 7.11. The Kier molecular flexibility index (Phi) is 4.55. The van der Waals surface area contributed by atoms with Crippen LogP contribution in [0.2, 0.25) is 0 Å². The first kappa shape index (κ1) is 11.7. The van der Waals surface area contributed by atoms with Gasteiger partial charge in [-0.1, -0.05) is 20.3 Å². The molecule has 14 heavy (non-hydrogen) atoms. The van der Waals surface area contributed by atoms with E-state index >= 15 is 0 Å². The number of aryl methyl sites for hydroxylation is 2. The Morgan fingerprint density at radius 1 is 1.43 bits per heavy atom. The van der Waals surface area contributed by atoms with Crippen LogP contribution in [0.1, 0.15) is 35.8 Å². The Hall–Kier alpha value is -0.410. The van der Waals surface area contributed by atoms with Gasteiger partial charge in [0.05, 0.1) is 10.7 Å². The maximum Gasteiger partial charge on any atom is 0.0900 e. The Morgan fingerprint density at radius 3 is 2.64 bits per heavy atom. The van der Waals surface area contributed by atoms with Crippen molar-refractivity contribution in [1.82, 2.24) is 10.3 Å². The zero-order valence-electron chi connectivity index (χ0n) is 9.55. The van der Waals surface area contributed by atoms with E-state index < -0.39 is 0 Å². The first-order chi connectivity index (χ1) is 6.63. The van der Waals surface area contributed by atoms with E-state index in [1.807, 2.05) is 0 Å². The van der Waals surface area contributed by atoms with Crippen molar-refractivity contribution in [2.75, 3.05) is 6.54 Å². The fourth-order valence-corrected chi connectivity index (χ4v) is 2.22. The van der Waals surface area contributed by atoms with Crippen molar-refractivity contribution in [3.05, 3.63) is 15.6 Å². The van der Waals surface area contributed by atoms with E-state index in [0.717, 1.165) is 19.0 Å². The Labute approximate surface area is 90.8 Å². The van der Waals surface area contributed by atoms with Gasteiger partial charge >= 0.3 is 0 Å². The second-order valence-corrected chi connectivity index (χ2v) is 5.17. The Morgan fingerprint density at radius 2 is 2.14 bits per heavy atom. The first-order valence-corrected chi connectivity index (χ1v) is 6.08. The second-order valence-electron chi connectivity index (χ2n) is 3.89. The van der Waals surface area contributed by atoms with Crippen LogP contribution in [-0.4, -0.2) is 11.5 Å². The fraction of sp³-hybridized carbons (Fsp3) is 0.727. The number of aromatic nitrogens is 1. The molecular weight excluding hydrogens is 192 g/mol. The van der Waals surface area contributed by atoms with E-state index in [1.54, 1.807) is 11.3 Å². The summed E-state index contributed by atoms with van der Waals surface area (Å²) in [5.74, 6) is 0.768. The van der Waals surface area contributed by atoms with Crippen molar-refractivity contribution in [3.8, 4) is 0 Å². The van der Waals surface area contributed by atoms with E-state index in [1.165, 1.54) is 22.0 Å². The SMILES string of the molecule is CCC(C)CNCc1sc(C)nc1C. The molecule has 0 aliphatic rings. The lowest BCUT2D eigenvalue weighted by molar-refractivity contribution is 0.501. The topological polar surface area (TPSA) is 24.9 Å². The zero-order valence-corrected chi connectivity index (χ0v) is 10.4. The molecule has 0 saturated heterocycles. The second kappa shape index (κ2) is 5.47. The van der Waals surface area contributed by atoms with Gasteiger partial charge in [-0.05, 0) is 26.3 Å². The van der Waals surface area contributed by atoms with E-state index in [-0.39, 0.29) is 0 Å². The van der Waals surface area contributed by atoms with Gasteiger partial charge in [0.1, 0.15) is 0 Å². The maximum absolute atomic E-state index is 4.41. The summed E-state index contributed by atoms with van der Waals surface area (Å²) in [5.41, 5.74) is 1.18. The van der Waals surface area contributed by atoms with Crippen LogP contribution in [0, 0.1) is 19.8 Å². The lowest BCUT2D eigenvalue weighted by Crippen LogP contribution is -2.20. The van der Waals surface area contributed by atoms with Crippen molar-refractivity contribution in [3.63, 3.8) is 0 Å². The average molecular weight is 212 g/mol. The molecule has 0 aliphatic carbocycles. The third kappa shape index (κ3) is 3.39. The maximum atomic E-state index is 4.41. The molecule has 0 fully saturated rings. The highest BCUT2D eigenvalue weighted by Gasteiger charge is 2.04. The number of nitrogens with zero attached hydrogens (tertiary/aromatic N) is 1. The summed E-state index contributed by atoms with van der Waals surface area (Å²) in [6.07, 6.45) is 1.24. The number of hydrogen-bond acceptors (Lipinski definition) is 3. The zero-order chi connectivity index (χ0) is 10.6. The van der Waals surface area contributed by atoms with Gasteiger partial charge in [0, 0.05) is 11.4 Å². The summed E-state index contributed by atoms with van der Waals surface area (Å²) in [5, 5.41) is 4.65. The van der Waals surface area contributed by atoms with Crippen LogP contribution in [0.3, 0.4) is 0 Å². The van der Waals surface area contributed by atoms with E-state index in [0.29, 0.717) is 0 Å². The van der Waals surface area contributed by atoms with Crippen LogP contribution in [0.25, 0.3) is 0 Å². The van der Waals surface area contributed by atoms with Gasteiger partial charge in [-0.3, -0.25) is 0 Å². The van der Waals surface area contributed by atoms with E-state index in [2.05, 4.69) is 38.0 Å². The molecule has 0 spiro atoms. The molecule has 2 nitrogen and oxygen atoms in total. The van der Waals surface area contributed by atoms with Gasteiger partial charge in [-0.15, -0.1) is 11.3 Å². The lowest BCUT2D eigenvalue weighted by Gasteiger charge is -2.08. The van der Waals surface area contributed by atoms with Gasteiger partial charge in [-0.2, -0.15) is 0 Å². The van der Waals surface area contributed by atoms with E-state index in [9.17, 15) is 0 Å². The van der Waals surface area contributed by atoms with Gasteiger partial charge in [-0.25, -0.2) is 4.98 Å². The Balaban J connectivity index is 2.34. The van der Waals surface area contributed by atoms with Crippen LogP contribution in [0.15, 0.2) is 0 Å². The van der Waals surface area contributed by atoms with Crippen molar-refractivity contribution >= 4 is 11.3 Å². The van der Waals surface area contributed by atoms with Crippen LogP contribution in [0.4, 0.5) is 0 Å². The fourth-order valence-electron chi connectivity index (χ4n) is 1.31. The molecule has 1 aromatic rings. The van der Waals surface area contributed by atoms with Crippen molar-refractivity contribution in [1.29, 1.82) is 0 Å². The van der Waals surface area contributed by atoms with Gasteiger partial charge in [0.15, 0.2) is 0 Å². The summed E-state index contributed by atoms with van der Waals surface area (Å²) in [4.78, 5) is 5.79. The average Bonchev–Trinajstić information content (AvgIpc) is 2.45. The molecule has 80 valence electrons. The van der Waals surface area contributed by atoms with Crippen LogP contribution in [-0.2, 0) is 6.54 Å². The minimum atomic E-state index is 0.768. The number of thiazole rings is 1. The molecule has 3 heteroatoms. The predicted octanol–water partition coefficient (Wildman–Crippen LogP) is 2.90.